The average Bonchev–Trinajstić information content (AvgIpc) is 3.09. The van der Waals surface area contributed by atoms with Gasteiger partial charge in [-0.1, -0.05) is 12.5 Å². The molecule has 3 atom stereocenters. The van der Waals surface area contributed by atoms with Gasteiger partial charge in [0.25, 0.3) is 0 Å². The summed E-state index contributed by atoms with van der Waals surface area (Å²) in [6.07, 6.45) is 7.83. The number of anilines is 1. The van der Waals surface area contributed by atoms with Crippen molar-refractivity contribution < 1.29 is 4.79 Å². The topological polar surface area (TPSA) is 42.0 Å². The second kappa shape index (κ2) is 5.14. The molecule has 21 heavy (non-hydrogen) atoms. The highest BCUT2D eigenvalue weighted by molar-refractivity contribution is 5.93. The van der Waals surface area contributed by atoms with E-state index in [0.29, 0.717) is 12.3 Å². The molecule has 2 saturated carbocycles. The second-order valence-corrected chi connectivity index (χ2v) is 6.60. The number of rotatable bonds is 3. The van der Waals surface area contributed by atoms with E-state index in [1.165, 1.54) is 25.7 Å². The zero-order valence-corrected chi connectivity index (χ0v) is 12.1. The number of nitrogens with zero attached hydrogens (tertiary/aromatic N) is 1. The molecule has 2 aromatic rings. The van der Waals surface area contributed by atoms with Gasteiger partial charge in [0, 0.05) is 23.7 Å². The third-order valence-corrected chi connectivity index (χ3v) is 5.22. The molecule has 108 valence electrons. The SMILES string of the molecule is O=C(CC1CC2CCC1C2)Nc1ccc2ncccc2c1. The molecule has 2 bridgehead atoms. The Balaban J connectivity index is 1.43. The van der Waals surface area contributed by atoms with Gasteiger partial charge in [0.2, 0.25) is 5.91 Å². The number of fused-ring (bicyclic) bond motifs is 3. The number of aromatic nitrogens is 1. The van der Waals surface area contributed by atoms with Crippen molar-refractivity contribution in [3.8, 4) is 0 Å². The Morgan fingerprint density at radius 1 is 1.24 bits per heavy atom. The van der Waals surface area contributed by atoms with E-state index in [0.717, 1.165) is 28.4 Å². The monoisotopic (exact) mass is 280 g/mol. The van der Waals surface area contributed by atoms with Crippen LogP contribution >= 0.6 is 0 Å². The summed E-state index contributed by atoms with van der Waals surface area (Å²) in [5.41, 5.74) is 1.84. The molecule has 0 aliphatic heterocycles. The molecule has 4 rings (SSSR count). The highest BCUT2D eigenvalue weighted by Crippen LogP contribution is 2.49. The summed E-state index contributed by atoms with van der Waals surface area (Å²) in [5.74, 6) is 2.49. The molecule has 3 unspecified atom stereocenters. The fraction of sp³-hybridized carbons (Fsp3) is 0.444. The van der Waals surface area contributed by atoms with Crippen molar-refractivity contribution in [3.63, 3.8) is 0 Å². The van der Waals surface area contributed by atoms with Crippen LogP contribution in [0.5, 0.6) is 0 Å². The molecule has 1 amide bonds. The van der Waals surface area contributed by atoms with Crippen LogP contribution in [-0.2, 0) is 4.79 Å². The lowest BCUT2D eigenvalue weighted by molar-refractivity contribution is -0.117. The number of benzene rings is 1. The van der Waals surface area contributed by atoms with Gasteiger partial charge in [0.15, 0.2) is 0 Å². The van der Waals surface area contributed by atoms with Gasteiger partial charge in [-0.3, -0.25) is 9.78 Å². The molecule has 0 spiro atoms. The first-order valence-corrected chi connectivity index (χ1v) is 7.92. The molecule has 3 nitrogen and oxygen atoms in total. The highest BCUT2D eigenvalue weighted by Gasteiger charge is 2.40. The van der Waals surface area contributed by atoms with E-state index in [1.807, 2.05) is 30.3 Å². The predicted octanol–water partition coefficient (Wildman–Crippen LogP) is 4.00. The van der Waals surface area contributed by atoms with Gasteiger partial charge in [-0.15, -0.1) is 0 Å². The first kappa shape index (κ1) is 12.8. The number of pyridine rings is 1. The molecule has 2 aliphatic carbocycles. The minimum absolute atomic E-state index is 0.163. The van der Waals surface area contributed by atoms with Gasteiger partial charge < -0.3 is 5.32 Å². The van der Waals surface area contributed by atoms with Crippen molar-refractivity contribution in [2.75, 3.05) is 5.32 Å². The zero-order valence-electron chi connectivity index (χ0n) is 12.1. The minimum atomic E-state index is 0.163. The lowest BCUT2D eigenvalue weighted by Crippen LogP contribution is -2.20. The van der Waals surface area contributed by atoms with Gasteiger partial charge in [-0.05, 0) is 61.3 Å². The maximum Gasteiger partial charge on any atom is 0.224 e. The summed E-state index contributed by atoms with van der Waals surface area (Å²) in [6.45, 7) is 0. The van der Waals surface area contributed by atoms with Crippen LogP contribution in [0.15, 0.2) is 36.5 Å². The van der Waals surface area contributed by atoms with Crippen molar-refractivity contribution >= 4 is 22.5 Å². The van der Waals surface area contributed by atoms with E-state index in [-0.39, 0.29) is 5.91 Å². The van der Waals surface area contributed by atoms with Gasteiger partial charge in [-0.2, -0.15) is 0 Å². The highest BCUT2D eigenvalue weighted by atomic mass is 16.1. The molecule has 1 N–H and O–H groups in total. The van der Waals surface area contributed by atoms with Gasteiger partial charge >= 0.3 is 0 Å². The zero-order chi connectivity index (χ0) is 14.2. The van der Waals surface area contributed by atoms with Crippen LogP contribution in [0.1, 0.15) is 32.1 Å². The molecule has 1 aromatic heterocycles. The third kappa shape index (κ3) is 2.53. The van der Waals surface area contributed by atoms with Crippen LogP contribution in [0.4, 0.5) is 5.69 Å². The molecule has 0 radical (unpaired) electrons. The minimum Gasteiger partial charge on any atom is -0.326 e. The number of amides is 1. The summed E-state index contributed by atoms with van der Waals surface area (Å²) < 4.78 is 0. The Labute approximate surface area is 124 Å². The molecule has 2 aliphatic rings. The molecular formula is C18H20N2O. The summed E-state index contributed by atoms with van der Waals surface area (Å²) in [4.78, 5) is 16.6. The maximum atomic E-state index is 12.3. The fourth-order valence-electron chi connectivity index (χ4n) is 4.23. The van der Waals surface area contributed by atoms with Crippen molar-refractivity contribution in [1.82, 2.24) is 4.98 Å². The van der Waals surface area contributed by atoms with Crippen molar-refractivity contribution in [3.05, 3.63) is 36.5 Å². The first-order valence-electron chi connectivity index (χ1n) is 7.92. The van der Waals surface area contributed by atoms with Crippen LogP contribution in [0.25, 0.3) is 10.9 Å². The van der Waals surface area contributed by atoms with Gasteiger partial charge in [-0.25, -0.2) is 0 Å². The lowest BCUT2D eigenvalue weighted by Gasteiger charge is -2.20. The predicted molar refractivity (Wildman–Crippen MR) is 83.9 cm³/mol. The van der Waals surface area contributed by atoms with Crippen LogP contribution in [0.3, 0.4) is 0 Å². The Morgan fingerprint density at radius 2 is 2.19 bits per heavy atom. The van der Waals surface area contributed by atoms with E-state index in [2.05, 4.69) is 10.3 Å². The Hall–Kier alpha value is -1.90. The smallest absolute Gasteiger partial charge is 0.224 e. The molecule has 2 fully saturated rings. The number of hydrogen-bond acceptors (Lipinski definition) is 2. The molecule has 0 saturated heterocycles. The lowest BCUT2D eigenvalue weighted by atomic mass is 9.86. The first-order chi connectivity index (χ1) is 10.3. The van der Waals surface area contributed by atoms with E-state index in [1.54, 1.807) is 6.20 Å². The Morgan fingerprint density at radius 3 is 3.00 bits per heavy atom. The molecule has 1 heterocycles. The van der Waals surface area contributed by atoms with E-state index >= 15 is 0 Å². The third-order valence-electron chi connectivity index (χ3n) is 5.22. The van der Waals surface area contributed by atoms with Crippen LogP contribution in [-0.4, -0.2) is 10.9 Å². The molecule has 3 heteroatoms. The number of carbonyl (C=O) groups is 1. The summed E-state index contributed by atoms with van der Waals surface area (Å²) in [6, 6.07) is 9.84. The van der Waals surface area contributed by atoms with Crippen LogP contribution < -0.4 is 5.32 Å². The number of hydrogen-bond donors (Lipinski definition) is 1. The number of nitrogens with one attached hydrogen (secondary N) is 1. The largest absolute Gasteiger partial charge is 0.326 e. The van der Waals surface area contributed by atoms with Crippen molar-refractivity contribution in [2.45, 2.75) is 32.1 Å². The Bertz CT molecular complexity index is 682. The fourth-order valence-corrected chi connectivity index (χ4v) is 4.23. The van der Waals surface area contributed by atoms with E-state index in [4.69, 9.17) is 0 Å². The summed E-state index contributed by atoms with van der Waals surface area (Å²) >= 11 is 0. The van der Waals surface area contributed by atoms with Crippen LogP contribution in [0, 0.1) is 17.8 Å². The maximum absolute atomic E-state index is 12.3. The quantitative estimate of drug-likeness (QED) is 0.923. The summed E-state index contributed by atoms with van der Waals surface area (Å²) in [5, 5.41) is 4.12. The molecular weight excluding hydrogens is 260 g/mol. The van der Waals surface area contributed by atoms with E-state index < -0.39 is 0 Å². The van der Waals surface area contributed by atoms with Gasteiger partial charge in [0.05, 0.1) is 5.52 Å². The van der Waals surface area contributed by atoms with Gasteiger partial charge in [0.1, 0.15) is 0 Å². The number of carbonyl (C=O) groups excluding carboxylic acids is 1. The van der Waals surface area contributed by atoms with Crippen molar-refractivity contribution in [2.24, 2.45) is 17.8 Å². The normalized spacial score (nSPS) is 27.1. The average molecular weight is 280 g/mol. The van der Waals surface area contributed by atoms with Crippen molar-refractivity contribution in [1.29, 1.82) is 0 Å². The molecule has 1 aromatic carbocycles. The standard InChI is InChI=1S/C18H20N2O/c21-18(11-15-9-12-3-4-13(15)8-12)20-16-5-6-17-14(10-16)2-1-7-19-17/h1-2,5-7,10,12-13,15H,3-4,8-9,11H2,(H,20,21). The second-order valence-electron chi connectivity index (χ2n) is 6.60. The Kier molecular flexibility index (Phi) is 3.13. The van der Waals surface area contributed by atoms with Crippen LogP contribution in [0.2, 0.25) is 0 Å². The van der Waals surface area contributed by atoms with E-state index in [9.17, 15) is 4.79 Å². The summed E-state index contributed by atoms with van der Waals surface area (Å²) in [7, 11) is 0.